The summed E-state index contributed by atoms with van der Waals surface area (Å²) < 4.78 is 5.68. The lowest BCUT2D eigenvalue weighted by atomic mass is 9.81. The second kappa shape index (κ2) is 5.94. The zero-order valence-corrected chi connectivity index (χ0v) is 14.3. The molecule has 0 radical (unpaired) electrons. The number of hydrogen-bond donors (Lipinski definition) is 5. The molecular weight excluding hydrogens is 356 g/mol. The molecule has 0 aliphatic rings. The van der Waals surface area contributed by atoms with Gasteiger partial charge in [-0.3, -0.25) is 9.59 Å². The smallest absolute Gasteiger partial charge is 0.313 e. The Balaban J connectivity index is 2.52. The van der Waals surface area contributed by atoms with E-state index in [0.29, 0.717) is 0 Å². The Morgan fingerprint density at radius 2 is 1.63 bits per heavy atom. The third-order valence-electron chi connectivity index (χ3n) is 4.36. The van der Waals surface area contributed by atoms with E-state index < -0.39 is 34.1 Å². The molecule has 0 bridgehead atoms. The summed E-state index contributed by atoms with van der Waals surface area (Å²) in [7, 11) is 0. The first-order chi connectivity index (χ1) is 12.5. The molecule has 0 aliphatic carbocycles. The van der Waals surface area contributed by atoms with Crippen LogP contribution in [0.3, 0.4) is 0 Å². The lowest BCUT2D eigenvalue weighted by Gasteiger charge is -2.22. The van der Waals surface area contributed by atoms with Crippen LogP contribution in [-0.4, -0.2) is 31.5 Å². The van der Waals surface area contributed by atoms with Gasteiger partial charge in [-0.05, 0) is 32.0 Å². The van der Waals surface area contributed by atoms with Crippen molar-refractivity contribution in [3.8, 4) is 34.3 Å². The highest BCUT2D eigenvalue weighted by atomic mass is 16.4. The molecule has 8 heteroatoms. The van der Waals surface area contributed by atoms with Crippen LogP contribution in [0, 0.1) is 0 Å². The van der Waals surface area contributed by atoms with Crippen molar-refractivity contribution >= 4 is 16.9 Å². The SMILES string of the molecule is CC(C)(C(=O)O)c1c(-c2ccc(O)c(O)c2)oc2cc(O)cc(O)c2c1=O. The summed E-state index contributed by atoms with van der Waals surface area (Å²) >= 11 is 0. The van der Waals surface area contributed by atoms with E-state index in [9.17, 15) is 35.1 Å². The Labute approximate surface area is 152 Å². The van der Waals surface area contributed by atoms with Crippen LogP contribution in [0.1, 0.15) is 19.4 Å². The van der Waals surface area contributed by atoms with Crippen LogP contribution in [-0.2, 0) is 10.2 Å². The van der Waals surface area contributed by atoms with Crippen molar-refractivity contribution in [1.82, 2.24) is 0 Å². The molecule has 1 heterocycles. The van der Waals surface area contributed by atoms with Crippen molar-refractivity contribution in [2.24, 2.45) is 0 Å². The van der Waals surface area contributed by atoms with E-state index in [1.165, 1.54) is 19.9 Å². The van der Waals surface area contributed by atoms with Gasteiger partial charge in [0, 0.05) is 17.7 Å². The van der Waals surface area contributed by atoms with Crippen LogP contribution < -0.4 is 5.43 Å². The minimum atomic E-state index is -1.71. The van der Waals surface area contributed by atoms with Gasteiger partial charge in [0.25, 0.3) is 0 Å². The Kier molecular flexibility index (Phi) is 3.99. The fraction of sp³-hybridized carbons (Fsp3) is 0.158. The molecule has 1 aromatic heterocycles. The lowest BCUT2D eigenvalue weighted by Crippen LogP contribution is -2.35. The topological polar surface area (TPSA) is 148 Å². The molecule has 0 saturated heterocycles. The molecular formula is C19H16O8. The van der Waals surface area contributed by atoms with Crippen LogP contribution >= 0.6 is 0 Å². The molecule has 3 aromatic rings. The van der Waals surface area contributed by atoms with Gasteiger partial charge in [-0.1, -0.05) is 0 Å². The molecule has 0 unspecified atom stereocenters. The van der Waals surface area contributed by atoms with Crippen molar-refractivity contribution in [3.05, 3.63) is 46.1 Å². The zero-order chi connectivity index (χ0) is 20.1. The van der Waals surface area contributed by atoms with Gasteiger partial charge in [-0.15, -0.1) is 0 Å². The number of aliphatic carboxylic acids is 1. The summed E-state index contributed by atoms with van der Waals surface area (Å²) in [6.45, 7) is 2.60. The predicted octanol–water partition coefficient (Wildman–Crippen LogP) is 2.64. The largest absolute Gasteiger partial charge is 0.508 e. The second-order valence-corrected chi connectivity index (χ2v) is 6.61. The highest BCUT2D eigenvalue weighted by Gasteiger charge is 2.37. The van der Waals surface area contributed by atoms with Crippen LogP contribution in [0.2, 0.25) is 0 Å². The molecule has 5 N–H and O–H groups in total. The van der Waals surface area contributed by atoms with Crippen LogP contribution in [0.5, 0.6) is 23.0 Å². The number of hydrogen-bond acceptors (Lipinski definition) is 7. The number of phenolic OH excluding ortho intramolecular Hbond substituents is 4. The maximum absolute atomic E-state index is 13.1. The van der Waals surface area contributed by atoms with E-state index in [2.05, 4.69) is 0 Å². The fourth-order valence-electron chi connectivity index (χ4n) is 2.83. The number of phenols is 4. The summed E-state index contributed by atoms with van der Waals surface area (Å²) in [6, 6.07) is 5.67. The Bertz CT molecular complexity index is 1140. The standard InChI is InChI=1S/C19H16O8/c1-19(2,18(25)26)15-16(24)14-12(23)6-9(20)7-13(14)27-17(15)8-3-4-10(21)11(22)5-8/h3-7,20-23H,1-2H3,(H,25,26). The molecule has 0 aliphatic heterocycles. The monoisotopic (exact) mass is 372 g/mol. The van der Waals surface area contributed by atoms with E-state index in [0.717, 1.165) is 24.3 Å². The molecule has 0 amide bonds. The predicted molar refractivity (Wildman–Crippen MR) is 95.2 cm³/mol. The summed E-state index contributed by atoms with van der Waals surface area (Å²) in [6.07, 6.45) is 0. The third kappa shape index (κ3) is 2.80. The van der Waals surface area contributed by atoms with Crippen molar-refractivity contribution in [2.75, 3.05) is 0 Å². The summed E-state index contributed by atoms with van der Waals surface area (Å²) in [5.74, 6) is -3.28. The van der Waals surface area contributed by atoms with Gasteiger partial charge >= 0.3 is 5.97 Å². The van der Waals surface area contributed by atoms with Crippen molar-refractivity contribution in [2.45, 2.75) is 19.3 Å². The van der Waals surface area contributed by atoms with Gasteiger partial charge in [0.2, 0.25) is 5.43 Å². The lowest BCUT2D eigenvalue weighted by molar-refractivity contribution is -0.142. The summed E-state index contributed by atoms with van der Waals surface area (Å²) in [4.78, 5) is 24.9. The van der Waals surface area contributed by atoms with E-state index in [4.69, 9.17) is 4.42 Å². The van der Waals surface area contributed by atoms with E-state index >= 15 is 0 Å². The summed E-state index contributed by atoms with van der Waals surface area (Å²) in [5.41, 5.74) is -2.78. The van der Waals surface area contributed by atoms with Crippen molar-refractivity contribution in [1.29, 1.82) is 0 Å². The van der Waals surface area contributed by atoms with Gasteiger partial charge in [0.15, 0.2) is 11.5 Å². The molecule has 0 atom stereocenters. The van der Waals surface area contributed by atoms with Gasteiger partial charge < -0.3 is 29.9 Å². The molecule has 140 valence electrons. The maximum atomic E-state index is 13.1. The Hall–Kier alpha value is -3.68. The average molecular weight is 372 g/mol. The molecule has 8 nitrogen and oxygen atoms in total. The molecule has 0 spiro atoms. The number of benzene rings is 2. The number of rotatable bonds is 3. The van der Waals surface area contributed by atoms with Gasteiger partial charge in [0.1, 0.15) is 28.2 Å². The van der Waals surface area contributed by atoms with Crippen LogP contribution in [0.4, 0.5) is 0 Å². The first-order valence-corrected chi connectivity index (χ1v) is 7.83. The minimum Gasteiger partial charge on any atom is -0.508 e. The third-order valence-corrected chi connectivity index (χ3v) is 4.36. The highest BCUT2D eigenvalue weighted by Crippen LogP contribution is 2.39. The first kappa shape index (κ1) is 18.1. The van der Waals surface area contributed by atoms with E-state index in [1.54, 1.807) is 0 Å². The highest BCUT2D eigenvalue weighted by molar-refractivity contribution is 5.91. The van der Waals surface area contributed by atoms with Gasteiger partial charge in [-0.2, -0.15) is 0 Å². The first-order valence-electron chi connectivity index (χ1n) is 7.83. The molecule has 0 fully saturated rings. The average Bonchev–Trinajstić information content (AvgIpc) is 2.55. The number of carboxylic acids is 1. The van der Waals surface area contributed by atoms with Crippen LogP contribution in [0.15, 0.2) is 39.5 Å². The zero-order valence-electron chi connectivity index (χ0n) is 14.3. The molecule has 2 aromatic carbocycles. The maximum Gasteiger partial charge on any atom is 0.313 e. The Morgan fingerprint density at radius 1 is 0.963 bits per heavy atom. The summed E-state index contributed by atoms with van der Waals surface area (Å²) in [5, 5.41) is 48.3. The molecule has 0 saturated carbocycles. The molecule has 3 rings (SSSR count). The second-order valence-electron chi connectivity index (χ2n) is 6.61. The van der Waals surface area contributed by atoms with Gasteiger partial charge in [0.05, 0.1) is 11.0 Å². The number of aromatic hydroxyl groups is 4. The molecule has 27 heavy (non-hydrogen) atoms. The van der Waals surface area contributed by atoms with E-state index in [1.807, 2.05) is 0 Å². The normalized spacial score (nSPS) is 11.6. The van der Waals surface area contributed by atoms with Crippen molar-refractivity contribution in [3.63, 3.8) is 0 Å². The number of carboxylic acid groups (broad SMARTS) is 1. The van der Waals surface area contributed by atoms with Crippen LogP contribution in [0.25, 0.3) is 22.3 Å². The Morgan fingerprint density at radius 3 is 2.22 bits per heavy atom. The van der Waals surface area contributed by atoms with E-state index in [-0.39, 0.29) is 33.6 Å². The van der Waals surface area contributed by atoms with Crippen molar-refractivity contribution < 1.29 is 34.7 Å². The quantitative estimate of drug-likeness (QED) is 0.441. The van der Waals surface area contributed by atoms with Gasteiger partial charge in [-0.25, -0.2) is 0 Å². The number of carbonyl (C=O) groups is 1. The fourth-order valence-corrected chi connectivity index (χ4v) is 2.83. The number of fused-ring (bicyclic) bond motifs is 1. The minimum absolute atomic E-state index is 0.136.